The molecule has 1 saturated heterocycles. The Balaban J connectivity index is 1.88. The van der Waals surface area contributed by atoms with Gasteiger partial charge in [0.15, 0.2) is 0 Å². The molecule has 0 N–H and O–H groups in total. The highest BCUT2D eigenvalue weighted by atomic mass is 35.5. The van der Waals surface area contributed by atoms with Gasteiger partial charge in [-0.25, -0.2) is 4.79 Å². The molecule has 0 radical (unpaired) electrons. The van der Waals surface area contributed by atoms with Crippen molar-refractivity contribution in [3.8, 4) is 0 Å². The van der Waals surface area contributed by atoms with Gasteiger partial charge in [0.2, 0.25) is 0 Å². The number of aromatic nitrogens is 2. The summed E-state index contributed by atoms with van der Waals surface area (Å²) in [5.41, 5.74) is 0.905. The van der Waals surface area contributed by atoms with Crippen molar-refractivity contribution in [3.63, 3.8) is 0 Å². The lowest BCUT2D eigenvalue weighted by Crippen LogP contribution is -2.45. The van der Waals surface area contributed by atoms with E-state index >= 15 is 0 Å². The summed E-state index contributed by atoms with van der Waals surface area (Å²) in [5.74, 6) is 0.165. The predicted molar refractivity (Wildman–Crippen MR) is 84.3 cm³/mol. The molecular weight excluding hydrogens is 306 g/mol. The fraction of sp³-hybridized carbons (Fsp3) is 0.733. The Morgan fingerprint density at radius 3 is 2.86 bits per heavy atom. The number of esters is 1. The first-order valence-electron chi connectivity index (χ1n) is 7.58. The number of morpholine rings is 1. The van der Waals surface area contributed by atoms with E-state index in [4.69, 9.17) is 21.1 Å². The SMILES string of the molecule is Cc1nn(C)c(Cl)c1C(=O)OCC1CN(CC(C)C)CCO1. The molecule has 124 valence electrons. The average Bonchev–Trinajstić information content (AvgIpc) is 2.69. The maximum Gasteiger partial charge on any atom is 0.343 e. The van der Waals surface area contributed by atoms with Crippen LogP contribution in [0, 0.1) is 12.8 Å². The summed E-state index contributed by atoms with van der Waals surface area (Å²) in [7, 11) is 1.69. The third kappa shape index (κ3) is 4.21. The van der Waals surface area contributed by atoms with Gasteiger partial charge in [0, 0.05) is 26.7 Å². The van der Waals surface area contributed by atoms with E-state index in [1.807, 2.05) is 0 Å². The molecule has 1 fully saturated rings. The molecule has 1 unspecified atom stereocenters. The molecular formula is C15H24ClN3O3. The van der Waals surface area contributed by atoms with Crippen molar-refractivity contribution in [3.05, 3.63) is 16.4 Å². The molecule has 1 aromatic rings. The van der Waals surface area contributed by atoms with E-state index < -0.39 is 5.97 Å². The molecule has 0 spiro atoms. The monoisotopic (exact) mass is 329 g/mol. The van der Waals surface area contributed by atoms with Crippen molar-refractivity contribution in [1.29, 1.82) is 0 Å². The second-order valence-electron chi connectivity index (χ2n) is 6.12. The number of ether oxygens (including phenoxy) is 2. The topological polar surface area (TPSA) is 56.6 Å². The van der Waals surface area contributed by atoms with Gasteiger partial charge in [0.1, 0.15) is 23.4 Å². The van der Waals surface area contributed by atoms with Crippen molar-refractivity contribution in [2.45, 2.75) is 26.9 Å². The van der Waals surface area contributed by atoms with E-state index in [-0.39, 0.29) is 12.7 Å². The lowest BCUT2D eigenvalue weighted by molar-refractivity contribution is -0.0612. The Labute approximate surface area is 136 Å². The van der Waals surface area contributed by atoms with E-state index in [0.717, 1.165) is 19.6 Å². The normalized spacial score (nSPS) is 19.6. The van der Waals surface area contributed by atoms with Gasteiger partial charge in [-0.15, -0.1) is 0 Å². The summed E-state index contributed by atoms with van der Waals surface area (Å²) >= 11 is 6.07. The van der Waals surface area contributed by atoms with Gasteiger partial charge in [0.05, 0.1) is 12.3 Å². The molecule has 0 bridgehead atoms. The maximum atomic E-state index is 12.2. The third-order valence-corrected chi connectivity index (χ3v) is 4.04. The van der Waals surface area contributed by atoms with E-state index in [1.165, 1.54) is 4.68 Å². The molecule has 1 aliphatic rings. The zero-order chi connectivity index (χ0) is 16.3. The van der Waals surface area contributed by atoms with Gasteiger partial charge in [-0.3, -0.25) is 9.58 Å². The molecule has 7 heteroatoms. The number of carbonyl (C=O) groups is 1. The van der Waals surface area contributed by atoms with E-state index in [9.17, 15) is 4.79 Å². The van der Waals surface area contributed by atoms with Gasteiger partial charge < -0.3 is 9.47 Å². The number of carbonyl (C=O) groups excluding carboxylic acids is 1. The molecule has 1 aliphatic heterocycles. The van der Waals surface area contributed by atoms with Crippen LogP contribution in [0.2, 0.25) is 5.15 Å². The van der Waals surface area contributed by atoms with Crippen molar-refractivity contribution in [2.75, 3.05) is 32.8 Å². The van der Waals surface area contributed by atoms with Crippen LogP contribution in [0.5, 0.6) is 0 Å². The smallest absolute Gasteiger partial charge is 0.343 e. The Morgan fingerprint density at radius 1 is 1.55 bits per heavy atom. The molecule has 0 amide bonds. The fourth-order valence-corrected chi connectivity index (χ4v) is 2.92. The van der Waals surface area contributed by atoms with Crippen molar-refractivity contribution in [2.24, 2.45) is 13.0 Å². The third-order valence-electron chi connectivity index (χ3n) is 3.60. The van der Waals surface area contributed by atoms with Crippen molar-refractivity contribution in [1.82, 2.24) is 14.7 Å². The molecule has 22 heavy (non-hydrogen) atoms. The van der Waals surface area contributed by atoms with Crippen LogP contribution in [0.25, 0.3) is 0 Å². The van der Waals surface area contributed by atoms with Crippen LogP contribution < -0.4 is 0 Å². The van der Waals surface area contributed by atoms with E-state index in [0.29, 0.717) is 28.9 Å². The second-order valence-corrected chi connectivity index (χ2v) is 6.48. The Bertz CT molecular complexity index is 530. The van der Waals surface area contributed by atoms with Crippen LogP contribution in [0.1, 0.15) is 29.9 Å². The van der Waals surface area contributed by atoms with Crippen LogP contribution in [-0.4, -0.2) is 59.6 Å². The molecule has 0 aromatic carbocycles. The summed E-state index contributed by atoms with van der Waals surface area (Å²) in [6, 6.07) is 0. The predicted octanol–water partition coefficient (Wildman–Crippen LogP) is 1.90. The lowest BCUT2D eigenvalue weighted by Gasteiger charge is -2.33. The fourth-order valence-electron chi connectivity index (χ4n) is 2.67. The molecule has 0 aliphatic carbocycles. The Hall–Kier alpha value is -1.11. The zero-order valence-electron chi connectivity index (χ0n) is 13.6. The molecule has 2 rings (SSSR count). The minimum Gasteiger partial charge on any atom is -0.459 e. The highest BCUT2D eigenvalue weighted by Crippen LogP contribution is 2.20. The molecule has 2 heterocycles. The van der Waals surface area contributed by atoms with Gasteiger partial charge in [-0.1, -0.05) is 25.4 Å². The van der Waals surface area contributed by atoms with Crippen LogP contribution in [-0.2, 0) is 16.5 Å². The summed E-state index contributed by atoms with van der Waals surface area (Å²) in [4.78, 5) is 14.5. The van der Waals surface area contributed by atoms with Gasteiger partial charge in [-0.05, 0) is 12.8 Å². The second kappa shape index (κ2) is 7.44. The van der Waals surface area contributed by atoms with E-state index in [2.05, 4.69) is 23.8 Å². The first kappa shape index (κ1) is 17.2. The number of hydrogen-bond acceptors (Lipinski definition) is 5. The van der Waals surface area contributed by atoms with Crippen molar-refractivity contribution < 1.29 is 14.3 Å². The first-order chi connectivity index (χ1) is 10.4. The number of hydrogen-bond donors (Lipinski definition) is 0. The zero-order valence-corrected chi connectivity index (χ0v) is 14.4. The van der Waals surface area contributed by atoms with Crippen molar-refractivity contribution >= 4 is 17.6 Å². The van der Waals surface area contributed by atoms with Crippen LogP contribution in [0.4, 0.5) is 0 Å². The van der Waals surface area contributed by atoms with Gasteiger partial charge in [0.25, 0.3) is 0 Å². The van der Waals surface area contributed by atoms with E-state index in [1.54, 1.807) is 14.0 Å². The lowest BCUT2D eigenvalue weighted by atomic mass is 10.2. The van der Waals surface area contributed by atoms with Crippen LogP contribution in [0.3, 0.4) is 0 Å². The number of halogens is 1. The summed E-state index contributed by atoms with van der Waals surface area (Å²) in [6.45, 7) is 9.77. The number of aryl methyl sites for hydroxylation is 2. The largest absolute Gasteiger partial charge is 0.459 e. The highest BCUT2D eigenvalue weighted by molar-refractivity contribution is 6.32. The maximum absolute atomic E-state index is 12.2. The highest BCUT2D eigenvalue weighted by Gasteiger charge is 2.25. The van der Waals surface area contributed by atoms with Gasteiger partial charge >= 0.3 is 5.97 Å². The van der Waals surface area contributed by atoms with Gasteiger partial charge in [-0.2, -0.15) is 5.10 Å². The Kier molecular flexibility index (Phi) is 5.83. The molecule has 1 aromatic heterocycles. The van der Waals surface area contributed by atoms with Crippen LogP contribution >= 0.6 is 11.6 Å². The minimum absolute atomic E-state index is 0.0906. The first-order valence-corrected chi connectivity index (χ1v) is 7.96. The number of rotatable bonds is 5. The Morgan fingerprint density at radius 2 is 2.27 bits per heavy atom. The summed E-state index contributed by atoms with van der Waals surface area (Å²) in [5, 5.41) is 4.42. The number of nitrogens with zero attached hydrogens (tertiary/aromatic N) is 3. The van der Waals surface area contributed by atoms with Crippen LogP contribution in [0.15, 0.2) is 0 Å². The summed E-state index contributed by atoms with van der Waals surface area (Å²) < 4.78 is 12.5. The minimum atomic E-state index is -0.444. The average molecular weight is 330 g/mol. The summed E-state index contributed by atoms with van der Waals surface area (Å²) in [6.07, 6.45) is -0.0906. The molecule has 1 atom stereocenters. The molecule has 0 saturated carbocycles. The standard InChI is InChI=1S/C15H24ClN3O3/c1-10(2)7-19-5-6-21-12(8-19)9-22-15(20)13-11(3)17-18(4)14(13)16/h10,12H,5-9H2,1-4H3. The molecule has 6 nitrogen and oxygen atoms in total. The quantitative estimate of drug-likeness (QED) is 0.772.